The molecule has 1 radical (unpaired) electrons. The summed E-state index contributed by atoms with van der Waals surface area (Å²) in [5, 5.41) is 1.05. The van der Waals surface area contributed by atoms with Gasteiger partial charge in [0.15, 0.2) is 9.84 Å². The maximum absolute atomic E-state index is 11.7. The van der Waals surface area contributed by atoms with Crippen molar-refractivity contribution in [3.63, 3.8) is 0 Å². The van der Waals surface area contributed by atoms with E-state index in [4.69, 9.17) is 0 Å². The van der Waals surface area contributed by atoms with Crippen molar-refractivity contribution in [1.29, 1.82) is 0 Å². The van der Waals surface area contributed by atoms with Crippen LogP contribution >= 0.6 is 0 Å². The molecule has 0 aliphatic heterocycles. The molecule has 1 aliphatic carbocycles. The van der Waals surface area contributed by atoms with E-state index in [0.29, 0.717) is 4.90 Å². The number of benzene rings is 1. The van der Waals surface area contributed by atoms with Gasteiger partial charge in [0.05, 0.1) is 10.4 Å². The summed E-state index contributed by atoms with van der Waals surface area (Å²) in [5.74, 6) is 0. The van der Waals surface area contributed by atoms with Crippen LogP contribution in [-0.2, 0) is 22.7 Å². The van der Waals surface area contributed by atoms with E-state index in [-0.39, 0.29) is 0 Å². The van der Waals surface area contributed by atoms with Gasteiger partial charge in [-0.15, -0.1) is 0 Å². The molecule has 0 saturated carbocycles. The summed E-state index contributed by atoms with van der Waals surface area (Å²) < 4.78 is 23.5. The molecule has 3 rings (SSSR count). The molecule has 4 heteroatoms. The van der Waals surface area contributed by atoms with Gasteiger partial charge in [0.1, 0.15) is 0 Å². The van der Waals surface area contributed by atoms with Crippen LogP contribution in [-0.4, -0.2) is 19.7 Å². The molecule has 0 spiro atoms. The fraction of sp³-hybridized carbons (Fsp3) is 0.308. The molecular weight excluding hydrogens is 234 g/mol. The summed E-state index contributed by atoms with van der Waals surface area (Å²) in [5.41, 5.74) is 3.23. The number of aryl methyl sites for hydroxylation is 1. The Hall–Kier alpha value is -1.29. The predicted molar refractivity (Wildman–Crippen MR) is 67.7 cm³/mol. The Labute approximate surface area is 101 Å². The Bertz CT molecular complexity index is 683. The Morgan fingerprint density at radius 3 is 2.88 bits per heavy atom. The molecule has 0 unspecified atom stereocenters. The topological polar surface area (TPSA) is 49.9 Å². The van der Waals surface area contributed by atoms with E-state index in [9.17, 15) is 8.42 Å². The van der Waals surface area contributed by atoms with Gasteiger partial charge in [0.25, 0.3) is 0 Å². The zero-order chi connectivity index (χ0) is 12.0. The number of hydrogen-bond donors (Lipinski definition) is 1. The highest BCUT2D eigenvalue weighted by Crippen LogP contribution is 2.31. The van der Waals surface area contributed by atoms with E-state index < -0.39 is 9.84 Å². The number of hydrogen-bond acceptors (Lipinski definition) is 2. The van der Waals surface area contributed by atoms with Crippen molar-refractivity contribution in [1.82, 2.24) is 4.98 Å². The highest BCUT2D eigenvalue weighted by molar-refractivity contribution is 7.91. The number of sulfone groups is 1. The van der Waals surface area contributed by atoms with Crippen molar-refractivity contribution < 1.29 is 8.42 Å². The Kier molecular flexibility index (Phi) is 2.30. The first-order chi connectivity index (χ1) is 8.07. The van der Waals surface area contributed by atoms with Crippen LogP contribution in [0, 0.1) is 6.42 Å². The van der Waals surface area contributed by atoms with E-state index in [1.54, 1.807) is 6.07 Å². The molecule has 0 atom stereocenters. The van der Waals surface area contributed by atoms with Crippen LogP contribution in [0.3, 0.4) is 0 Å². The van der Waals surface area contributed by atoms with Gasteiger partial charge in [-0.25, -0.2) is 8.42 Å². The Morgan fingerprint density at radius 2 is 2.12 bits per heavy atom. The standard InChI is InChI=1S/C13H14NO2S/c1-17(15,16)12-8-4-6-10-9-5-2-3-7-11(9)14-13(10)12/h2,4,6,8,14H,3,5,7H2,1H3. The summed E-state index contributed by atoms with van der Waals surface area (Å²) in [6, 6.07) is 5.49. The second-order valence-corrected chi connectivity index (χ2v) is 6.55. The molecule has 0 amide bonds. The van der Waals surface area contributed by atoms with Crippen LogP contribution < -0.4 is 0 Å². The first-order valence-electron chi connectivity index (χ1n) is 5.71. The largest absolute Gasteiger partial charge is 0.357 e. The summed E-state index contributed by atoms with van der Waals surface area (Å²) in [6.45, 7) is 0. The molecule has 1 aromatic carbocycles. The molecule has 1 aromatic heterocycles. The van der Waals surface area contributed by atoms with Crippen LogP contribution in [0.1, 0.15) is 17.7 Å². The molecule has 3 nitrogen and oxygen atoms in total. The molecule has 0 fully saturated rings. The van der Waals surface area contributed by atoms with Crippen molar-refractivity contribution in [2.45, 2.75) is 24.2 Å². The third-order valence-electron chi connectivity index (χ3n) is 3.34. The van der Waals surface area contributed by atoms with Gasteiger partial charge in [-0.05, 0) is 37.3 Å². The monoisotopic (exact) mass is 248 g/mol. The number of H-pyrrole nitrogens is 1. The van der Waals surface area contributed by atoms with E-state index in [2.05, 4.69) is 11.4 Å². The lowest BCUT2D eigenvalue weighted by atomic mass is 9.96. The average molecular weight is 248 g/mol. The summed E-state index contributed by atoms with van der Waals surface area (Å²) in [4.78, 5) is 3.70. The lowest BCUT2D eigenvalue weighted by Gasteiger charge is -2.09. The first-order valence-corrected chi connectivity index (χ1v) is 7.60. The third-order valence-corrected chi connectivity index (χ3v) is 4.48. The SMILES string of the molecule is CS(=O)(=O)c1cccc2c3c([nH]c12)CC[CH]C3. The summed E-state index contributed by atoms with van der Waals surface area (Å²) in [7, 11) is -3.17. The highest BCUT2D eigenvalue weighted by atomic mass is 32.2. The Morgan fingerprint density at radius 1 is 1.29 bits per heavy atom. The van der Waals surface area contributed by atoms with Crippen LogP contribution in [0.15, 0.2) is 23.1 Å². The van der Waals surface area contributed by atoms with E-state index >= 15 is 0 Å². The van der Waals surface area contributed by atoms with Gasteiger partial charge >= 0.3 is 0 Å². The molecular formula is C13H14NO2S. The molecule has 89 valence electrons. The number of rotatable bonds is 1. The van der Waals surface area contributed by atoms with E-state index in [1.165, 1.54) is 17.5 Å². The summed E-state index contributed by atoms with van der Waals surface area (Å²) >= 11 is 0. The molecule has 0 bridgehead atoms. The molecule has 0 saturated heterocycles. The molecule has 2 aromatic rings. The number of para-hydroxylation sites is 1. The molecule has 17 heavy (non-hydrogen) atoms. The molecule has 1 heterocycles. The van der Waals surface area contributed by atoms with Crippen LogP contribution in [0.2, 0.25) is 0 Å². The minimum absolute atomic E-state index is 0.407. The number of aromatic amines is 1. The van der Waals surface area contributed by atoms with Gasteiger partial charge in [-0.2, -0.15) is 0 Å². The molecule has 1 N–H and O–H groups in total. The van der Waals surface area contributed by atoms with Crippen molar-refractivity contribution in [2.75, 3.05) is 6.26 Å². The van der Waals surface area contributed by atoms with Gasteiger partial charge in [-0.1, -0.05) is 12.1 Å². The minimum Gasteiger partial charge on any atom is -0.357 e. The van der Waals surface area contributed by atoms with Gasteiger partial charge in [-0.3, -0.25) is 0 Å². The second kappa shape index (κ2) is 3.60. The van der Waals surface area contributed by atoms with Crippen molar-refractivity contribution in [3.05, 3.63) is 35.9 Å². The fourth-order valence-electron chi connectivity index (χ4n) is 2.55. The van der Waals surface area contributed by atoms with Gasteiger partial charge in [0, 0.05) is 17.3 Å². The van der Waals surface area contributed by atoms with Gasteiger partial charge in [0.2, 0.25) is 0 Å². The van der Waals surface area contributed by atoms with Crippen LogP contribution in [0.25, 0.3) is 10.9 Å². The first kappa shape index (κ1) is 10.8. The number of fused-ring (bicyclic) bond motifs is 3. The van der Waals surface area contributed by atoms with Crippen molar-refractivity contribution in [3.8, 4) is 0 Å². The summed E-state index contributed by atoms with van der Waals surface area (Å²) in [6.07, 6.45) is 6.49. The van der Waals surface area contributed by atoms with Crippen LogP contribution in [0.5, 0.6) is 0 Å². The normalized spacial score (nSPS) is 16.1. The van der Waals surface area contributed by atoms with Crippen molar-refractivity contribution >= 4 is 20.7 Å². The zero-order valence-corrected chi connectivity index (χ0v) is 10.5. The minimum atomic E-state index is -3.17. The predicted octanol–water partition coefficient (Wildman–Crippen LogP) is 2.26. The second-order valence-electron chi connectivity index (χ2n) is 4.56. The number of nitrogens with one attached hydrogen (secondary N) is 1. The quantitative estimate of drug-likeness (QED) is 0.841. The van der Waals surface area contributed by atoms with E-state index in [0.717, 1.165) is 30.2 Å². The van der Waals surface area contributed by atoms with Crippen LogP contribution in [0.4, 0.5) is 0 Å². The lowest BCUT2D eigenvalue weighted by Crippen LogP contribution is -2.00. The van der Waals surface area contributed by atoms with Crippen molar-refractivity contribution in [2.24, 2.45) is 0 Å². The Balaban J connectivity index is 2.38. The van der Waals surface area contributed by atoms with Gasteiger partial charge < -0.3 is 4.98 Å². The lowest BCUT2D eigenvalue weighted by molar-refractivity contribution is 0.602. The van der Waals surface area contributed by atoms with E-state index in [1.807, 2.05) is 12.1 Å². The highest BCUT2D eigenvalue weighted by Gasteiger charge is 2.19. The average Bonchev–Trinajstić information content (AvgIpc) is 2.65. The zero-order valence-electron chi connectivity index (χ0n) is 9.66. The maximum Gasteiger partial charge on any atom is 0.177 e. The maximum atomic E-state index is 11.7. The smallest absolute Gasteiger partial charge is 0.177 e. The third kappa shape index (κ3) is 1.67. The molecule has 1 aliphatic rings. The fourth-order valence-corrected chi connectivity index (χ4v) is 3.41. The number of aromatic nitrogens is 1.